The van der Waals surface area contributed by atoms with Crippen molar-refractivity contribution in [2.75, 3.05) is 13.1 Å². The van der Waals surface area contributed by atoms with E-state index in [1.54, 1.807) is 11.0 Å². The van der Waals surface area contributed by atoms with Gasteiger partial charge in [-0.25, -0.2) is 0 Å². The van der Waals surface area contributed by atoms with E-state index in [9.17, 15) is 9.59 Å². The third kappa shape index (κ3) is 3.22. The number of nitrogens with one attached hydrogen (secondary N) is 1. The zero-order chi connectivity index (χ0) is 13.7. The van der Waals surface area contributed by atoms with Gasteiger partial charge in [0.2, 0.25) is 11.8 Å². The summed E-state index contributed by atoms with van der Waals surface area (Å²) in [5, 5.41) is 2.78. The fraction of sp³-hybridized carbons (Fsp3) is 0.333. The molecular weight excluding hydrogens is 240 g/mol. The second-order valence-electron chi connectivity index (χ2n) is 4.49. The molecule has 1 saturated heterocycles. The molecule has 1 aliphatic heterocycles. The van der Waals surface area contributed by atoms with Crippen LogP contribution in [0.3, 0.4) is 0 Å². The molecule has 0 unspecified atom stereocenters. The van der Waals surface area contributed by atoms with Crippen LogP contribution in [0.5, 0.6) is 0 Å². The third-order valence-corrected chi connectivity index (χ3v) is 3.22. The number of nitrogens with zero attached hydrogens (tertiary/aromatic N) is 1. The Morgan fingerprint density at radius 3 is 2.84 bits per heavy atom. The predicted octanol–water partition coefficient (Wildman–Crippen LogP) is 1.44. The maximum atomic E-state index is 12.1. The van der Waals surface area contributed by atoms with Gasteiger partial charge >= 0.3 is 0 Å². The molecular formula is C15H18N2O2. The normalized spacial score (nSPS) is 19.5. The summed E-state index contributed by atoms with van der Waals surface area (Å²) in [5.74, 6) is -0.166. The van der Waals surface area contributed by atoms with Gasteiger partial charge in [-0.05, 0) is 18.1 Å². The Morgan fingerprint density at radius 2 is 2.16 bits per heavy atom. The second kappa shape index (κ2) is 6.18. The molecule has 2 amide bonds. The predicted molar refractivity (Wildman–Crippen MR) is 74.3 cm³/mol. The van der Waals surface area contributed by atoms with E-state index >= 15 is 0 Å². The van der Waals surface area contributed by atoms with Gasteiger partial charge in [-0.1, -0.05) is 37.3 Å². The van der Waals surface area contributed by atoms with Crippen molar-refractivity contribution in [2.45, 2.75) is 19.4 Å². The minimum absolute atomic E-state index is 0.0600. The monoisotopic (exact) mass is 258 g/mol. The van der Waals surface area contributed by atoms with E-state index in [0.717, 1.165) is 5.56 Å². The lowest BCUT2D eigenvalue weighted by atomic mass is 10.1. The summed E-state index contributed by atoms with van der Waals surface area (Å²) in [7, 11) is 0. The first-order valence-corrected chi connectivity index (χ1v) is 6.54. The fourth-order valence-electron chi connectivity index (χ4n) is 2.21. The molecule has 0 aliphatic carbocycles. The highest BCUT2D eigenvalue weighted by molar-refractivity contribution is 5.96. The molecule has 4 nitrogen and oxygen atoms in total. The fourth-order valence-corrected chi connectivity index (χ4v) is 2.21. The Hall–Kier alpha value is -2.10. The van der Waals surface area contributed by atoms with Crippen LogP contribution in [0.4, 0.5) is 0 Å². The lowest BCUT2D eigenvalue weighted by molar-refractivity contribution is -0.140. The van der Waals surface area contributed by atoms with Crippen LogP contribution in [-0.2, 0) is 9.59 Å². The van der Waals surface area contributed by atoms with Crippen LogP contribution in [0.2, 0.25) is 0 Å². The standard InChI is InChI=1S/C15H18N2O2/c1-2-13-15(19)16-10-11-17(13)14(18)9-8-12-6-4-3-5-7-12/h3-9,13H,2,10-11H2,1H3,(H,16,19)/b9-8+/t13-/m0/s1. The molecule has 1 aromatic rings. The summed E-state index contributed by atoms with van der Waals surface area (Å²) in [5.41, 5.74) is 0.977. The smallest absolute Gasteiger partial charge is 0.247 e. The van der Waals surface area contributed by atoms with Crippen LogP contribution in [0.25, 0.3) is 6.08 Å². The maximum Gasteiger partial charge on any atom is 0.247 e. The Morgan fingerprint density at radius 1 is 1.42 bits per heavy atom. The molecule has 0 radical (unpaired) electrons. The van der Waals surface area contributed by atoms with Crippen molar-refractivity contribution in [3.8, 4) is 0 Å². The summed E-state index contributed by atoms with van der Waals surface area (Å²) >= 11 is 0. The minimum Gasteiger partial charge on any atom is -0.353 e. The van der Waals surface area contributed by atoms with Gasteiger partial charge in [0, 0.05) is 19.2 Å². The van der Waals surface area contributed by atoms with Crippen molar-refractivity contribution >= 4 is 17.9 Å². The highest BCUT2D eigenvalue weighted by atomic mass is 16.2. The lowest BCUT2D eigenvalue weighted by Gasteiger charge is -2.33. The topological polar surface area (TPSA) is 49.4 Å². The molecule has 1 atom stereocenters. The van der Waals surface area contributed by atoms with Crippen molar-refractivity contribution in [2.24, 2.45) is 0 Å². The van der Waals surface area contributed by atoms with Gasteiger partial charge in [0.15, 0.2) is 0 Å². The number of amides is 2. The van der Waals surface area contributed by atoms with E-state index in [2.05, 4.69) is 5.32 Å². The van der Waals surface area contributed by atoms with E-state index in [-0.39, 0.29) is 17.9 Å². The number of carbonyl (C=O) groups is 2. The summed E-state index contributed by atoms with van der Waals surface area (Å²) in [6.07, 6.45) is 3.95. The molecule has 1 aromatic carbocycles. The van der Waals surface area contributed by atoms with Crippen LogP contribution >= 0.6 is 0 Å². The average molecular weight is 258 g/mol. The van der Waals surface area contributed by atoms with Gasteiger partial charge in [0.1, 0.15) is 6.04 Å². The minimum atomic E-state index is -0.346. The molecule has 1 fully saturated rings. The van der Waals surface area contributed by atoms with E-state index in [1.165, 1.54) is 6.08 Å². The zero-order valence-electron chi connectivity index (χ0n) is 11.0. The van der Waals surface area contributed by atoms with Gasteiger partial charge in [0.25, 0.3) is 0 Å². The molecule has 1 heterocycles. The lowest BCUT2D eigenvalue weighted by Crippen LogP contribution is -2.56. The van der Waals surface area contributed by atoms with Crippen molar-refractivity contribution in [3.05, 3.63) is 42.0 Å². The van der Waals surface area contributed by atoms with Crippen molar-refractivity contribution in [1.29, 1.82) is 0 Å². The summed E-state index contributed by atoms with van der Waals surface area (Å²) in [6.45, 7) is 3.01. The number of hydrogen-bond acceptors (Lipinski definition) is 2. The van der Waals surface area contributed by atoms with E-state index in [1.807, 2.05) is 37.3 Å². The molecule has 0 bridgehead atoms. The van der Waals surface area contributed by atoms with Gasteiger partial charge < -0.3 is 10.2 Å². The third-order valence-electron chi connectivity index (χ3n) is 3.22. The molecule has 0 spiro atoms. The Labute approximate surface area is 113 Å². The Kier molecular flexibility index (Phi) is 4.34. The highest BCUT2D eigenvalue weighted by Crippen LogP contribution is 2.10. The van der Waals surface area contributed by atoms with Crippen molar-refractivity contribution in [3.63, 3.8) is 0 Å². The number of carbonyl (C=O) groups excluding carboxylic acids is 2. The van der Waals surface area contributed by atoms with Crippen LogP contribution in [-0.4, -0.2) is 35.8 Å². The van der Waals surface area contributed by atoms with Crippen molar-refractivity contribution < 1.29 is 9.59 Å². The largest absolute Gasteiger partial charge is 0.353 e. The molecule has 2 rings (SSSR count). The first kappa shape index (κ1) is 13.3. The van der Waals surface area contributed by atoms with E-state index in [4.69, 9.17) is 0 Å². The molecule has 4 heteroatoms. The maximum absolute atomic E-state index is 12.1. The second-order valence-corrected chi connectivity index (χ2v) is 4.49. The highest BCUT2D eigenvalue weighted by Gasteiger charge is 2.30. The van der Waals surface area contributed by atoms with Crippen molar-refractivity contribution in [1.82, 2.24) is 10.2 Å². The molecule has 19 heavy (non-hydrogen) atoms. The summed E-state index contributed by atoms with van der Waals surface area (Å²) < 4.78 is 0. The Bertz CT molecular complexity index is 482. The molecule has 0 aromatic heterocycles. The number of piperazine rings is 1. The Balaban J connectivity index is 2.06. The van der Waals surface area contributed by atoms with Crippen LogP contribution in [0.1, 0.15) is 18.9 Å². The van der Waals surface area contributed by atoms with Crippen LogP contribution < -0.4 is 5.32 Å². The zero-order valence-corrected chi connectivity index (χ0v) is 11.0. The van der Waals surface area contributed by atoms with Gasteiger partial charge in [-0.15, -0.1) is 0 Å². The summed E-state index contributed by atoms with van der Waals surface area (Å²) in [6, 6.07) is 9.30. The molecule has 1 aliphatic rings. The van der Waals surface area contributed by atoms with Crippen LogP contribution in [0, 0.1) is 0 Å². The van der Waals surface area contributed by atoms with E-state index < -0.39 is 0 Å². The first-order valence-electron chi connectivity index (χ1n) is 6.54. The van der Waals surface area contributed by atoms with Gasteiger partial charge in [0.05, 0.1) is 0 Å². The number of benzene rings is 1. The molecule has 0 saturated carbocycles. The number of rotatable bonds is 3. The SMILES string of the molecule is CC[C@H]1C(=O)NCCN1C(=O)/C=C/c1ccccc1. The molecule has 1 N–H and O–H groups in total. The van der Waals surface area contributed by atoms with Crippen LogP contribution in [0.15, 0.2) is 36.4 Å². The summed E-state index contributed by atoms with van der Waals surface area (Å²) in [4.78, 5) is 25.5. The number of hydrogen-bond donors (Lipinski definition) is 1. The quantitative estimate of drug-likeness (QED) is 0.834. The average Bonchev–Trinajstić information content (AvgIpc) is 2.45. The molecule has 100 valence electrons. The van der Waals surface area contributed by atoms with E-state index in [0.29, 0.717) is 19.5 Å². The first-order chi connectivity index (χ1) is 9.22. The van der Waals surface area contributed by atoms with Gasteiger partial charge in [-0.3, -0.25) is 9.59 Å². The van der Waals surface area contributed by atoms with Gasteiger partial charge in [-0.2, -0.15) is 0 Å².